The Morgan fingerprint density at radius 1 is 1.34 bits per heavy atom. The molecule has 2 aliphatic rings. The summed E-state index contributed by atoms with van der Waals surface area (Å²) in [5, 5.41) is 0. The number of nitrogens with zero attached hydrogens (tertiary/aromatic N) is 1. The Balaban J connectivity index is 1.68. The predicted molar refractivity (Wildman–Crippen MR) is 108 cm³/mol. The SMILES string of the molecule is CCC(OC)(C(=O)N1CCC2(C1)OC(=O)c1ccccc12)c1ccc(Br)cc1F. The third kappa shape index (κ3) is 2.99. The molecule has 1 amide bonds. The molecule has 0 N–H and O–H groups in total. The molecule has 0 bridgehead atoms. The maximum atomic E-state index is 14.8. The van der Waals surface area contributed by atoms with Gasteiger partial charge in [0, 0.05) is 35.7 Å². The van der Waals surface area contributed by atoms with Gasteiger partial charge in [-0.1, -0.05) is 47.1 Å². The quantitative estimate of drug-likeness (QED) is 0.642. The van der Waals surface area contributed by atoms with E-state index in [0.717, 1.165) is 5.56 Å². The van der Waals surface area contributed by atoms with Crippen molar-refractivity contribution in [2.45, 2.75) is 31.0 Å². The second kappa shape index (κ2) is 7.22. The van der Waals surface area contributed by atoms with E-state index in [2.05, 4.69) is 15.9 Å². The van der Waals surface area contributed by atoms with E-state index in [-0.39, 0.29) is 30.4 Å². The van der Waals surface area contributed by atoms with Gasteiger partial charge in [-0.2, -0.15) is 0 Å². The van der Waals surface area contributed by atoms with E-state index < -0.39 is 17.0 Å². The molecule has 7 heteroatoms. The lowest BCUT2D eigenvalue weighted by Gasteiger charge is -2.35. The molecule has 2 heterocycles. The van der Waals surface area contributed by atoms with Crippen LogP contribution in [0.2, 0.25) is 0 Å². The topological polar surface area (TPSA) is 55.8 Å². The molecule has 0 aliphatic carbocycles. The Bertz CT molecular complexity index is 991. The highest BCUT2D eigenvalue weighted by Gasteiger charge is 2.54. The van der Waals surface area contributed by atoms with Crippen molar-refractivity contribution in [2.75, 3.05) is 20.2 Å². The van der Waals surface area contributed by atoms with Crippen LogP contribution in [0.15, 0.2) is 46.9 Å². The van der Waals surface area contributed by atoms with Gasteiger partial charge in [-0.3, -0.25) is 4.79 Å². The molecule has 2 aromatic carbocycles. The van der Waals surface area contributed by atoms with Crippen molar-refractivity contribution < 1.29 is 23.5 Å². The molecule has 2 aliphatic heterocycles. The van der Waals surface area contributed by atoms with Gasteiger partial charge < -0.3 is 14.4 Å². The molecule has 1 saturated heterocycles. The summed E-state index contributed by atoms with van der Waals surface area (Å²) in [7, 11) is 1.42. The van der Waals surface area contributed by atoms with Crippen LogP contribution in [0.3, 0.4) is 0 Å². The fourth-order valence-electron chi connectivity index (χ4n) is 4.48. The Labute approximate surface area is 176 Å². The van der Waals surface area contributed by atoms with Gasteiger partial charge in [0.2, 0.25) is 0 Å². The summed E-state index contributed by atoms with van der Waals surface area (Å²) in [5.74, 6) is -1.22. The number of carbonyl (C=O) groups is 2. The number of esters is 1. The Morgan fingerprint density at radius 3 is 2.79 bits per heavy atom. The smallest absolute Gasteiger partial charge is 0.339 e. The molecule has 0 aromatic heterocycles. The number of carbonyl (C=O) groups excluding carboxylic acids is 2. The van der Waals surface area contributed by atoms with Crippen LogP contribution in [-0.2, 0) is 25.5 Å². The minimum atomic E-state index is -1.45. The first kappa shape index (κ1) is 20.0. The highest BCUT2D eigenvalue weighted by atomic mass is 79.9. The Kier molecular flexibility index (Phi) is 4.99. The maximum Gasteiger partial charge on any atom is 0.339 e. The monoisotopic (exact) mass is 461 g/mol. The van der Waals surface area contributed by atoms with E-state index in [1.807, 2.05) is 12.1 Å². The van der Waals surface area contributed by atoms with E-state index in [0.29, 0.717) is 23.0 Å². The first-order valence-corrected chi connectivity index (χ1v) is 10.3. The zero-order chi connectivity index (χ0) is 20.8. The van der Waals surface area contributed by atoms with Gasteiger partial charge in [-0.05, 0) is 24.6 Å². The first-order chi connectivity index (χ1) is 13.9. The molecule has 152 valence electrons. The molecule has 0 saturated carbocycles. The number of rotatable bonds is 4. The molecule has 5 nitrogen and oxygen atoms in total. The fourth-order valence-corrected chi connectivity index (χ4v) is 4.81. The summed E-state index contributed by atoms with van der Waals surface area (Å²) in [6, 6.07) is 11.8. The van der Waals surface area contributed by atoms with Crippen molar-refractivity contribution in [3.05, 3.63) is 69.4 Å². The Hall–Kier alpha value is -2.25. The number of methoxy groups -OCH3 is 1. The van der Waals surface area contributed by atoms with Crippen molar-refractivity contribution in [1.82, 2.24) is 4.90 Å². The summed E-state index contributed by atoms with van der Waals surface area (Å²) in [4.78, 5) is 27.5. The molecule has 4 rings (SSSR count). The lowest BCUT2D eigenvalue weighted by Crippen LogP contribution is -2.48. The number of ether oxygens (including phenoxy) is 2. The number of halogens is 2. The number of amides is 1. The second-order valence-electron chi connectivity index (χ2n) is 7.41. The maximum absolute atomic E-state index is 14.8. The highest BCUT2D eigenvalue weighted by molar-refractivity contribution is 9.10. The minimum Gasteiger partial charge on any atom is -0.449 e. The van der Waals surface area contributed by atoms with Crippen molar-refractivity contribution in [2.24, 2.45) is 0 Å². The van der Waals surface area contributed by atoms with Gasteiger partial charge in [0.15, 0.2) is 11.2 Å². The van der Waals surface area contributed by atoms with E-state index in [1.165, 1.54) is 13.2 Å². The molecule has 2 aromatic rings. The normalized spacial score (nSPS) is 22.5. The van der Waals surface area contributed by atoms with Crippen LogP contribution in [-0.4, -0.2) is 37.0 Å². The van der Waals surface area contributed by atoms with Gasteiger partial charge in [0.25, 0.3) is 5.91 Å². The summed E-state index contributed by atoms with van der Waals surface area (Å²) >= 11 is 3.25. The molecule has 1 spiro atoms. The molecule has 2 unspecified atom stereocenters. The molecule has 0 radical (unpaired) electrons. The van der Waals surface area contributed by atoms with E-state index >= 15 is 0 Å². The lowest BCUT2D eigenvalue weighted by molar-refractivity contribution is -0.157. The third-order valence-electron chi connectivity index (χ3n) is 6.00. The van der Waals surface area contributed by atoms with Crippen molar-refractivity contribution in [3.8, 4) is 0 Å². The molecular formula is C22H21BrFNO4. The average molecular weight is 462 g/mol. The number of benzene rings is 2. The van der Waals surface area contributed by atoms with Gasteiger partial charge in [-0.25, -0.2) is 9.18 Å². The lowest BCUT2D eigenvalue weighted by atomic mass is 9.88. The third-order valence-corrected chi connectivity index (χ3v) is 6.50. The van der Waals surface area contributed by atoms with Gasteiger partial charge in [-0.15, -0.1) is 0 Å². The zero-order valence-electron chi connectivity index (χ0n) is 16.2. The summed E-state index contributed by atoms with van der Waals surface area (Å²) in [5.41, 5.74) is -0.767. The summed E-state index contributed by atoms with van der Waals surface area (Å²) < 4.78 is 26.7. The van der Waals surface area contributed by atoms with E-state index in [1.54, 1.807) is 36.1 Å². The minimum absolute atomic E-state index is 0.195. The predicted octanol–water partition coefficient (Wildman–Crippen LogP) is 4.14. The van der Waals surface area contributed by atoms with Crippen molar-refractivity contribution >= 4 is 27.8 Å². The summed E-state index contributed by atoms with van der Waals surface area (Å²) in [6.45, 7) is 2.40. The highest BCUT2D eigenvalue weighted by Crippen LogP contribution is 2.45. The van der Waals surface area contributed by atoms with Gasteiger partial charge in [0.1, 0.15) is 5.82 Å². The van der Waals surface area contributed by atoms with E-state index in [4.69, 9.17) is 9.47 Å². The summed E-state index contributed by atoms with van der Waals surface area (Å²) in [6.07, 6.45) is 0.759. The fraction of sp³-hybridized carbons (Fsp3) is 0.364. The standard InChI is InChI=1S/C22H21BrFNO4/c1-3-22(28-2,17-9-8-14(23)12-18(17)24)20(27)25-11-10-21(13-25)16-7-5-4-6-15(16)19(26)29-21/h4-9,12H,3,10-11,13H2,1-2H3. The molecular weight excluding hydrogens is 441 g/mol. The van der Waals surface area contributed by atoms with Crippen LogP contribution in [0.1, 0.15) is 41.3 Å². The molecule has 29 heavy (non-hydrogen) atoms. The van der Waals surface area contributed by atoms with E-state index in [9.17, 15) is 14.0 Å². The number of hydrogen-bond acceptors (Lipinski definition) is 4. The van der Waals surface area contributed by atoms with Crippen molar-refractivity contribution in [3.63, 3.8) is 0 Å². The molecule has 2 atom stereocenters. The van der Waals surface area contributed by atoms with Gasteiger partial charge >= 0.3 is 5.97 Å². The number of hydrogen-bond donors (Lipinski definition) is 0. The second-order valence-corrected chi connectivity index (χ2v) is 8.33. The number of likely N-dealkylation sites (tertiary alicyclic amines) is 1. The Morgan fingerprint density at radius 2 is 2.10 bits per heavy atom. The van der Waals surface area contributed by atoms with Gasteiger partial charge in [0.05, 0.1) is 12.1 Å². The zero-order valence-corrected chi connectivity index (χ0v) is 17.8. The van der Waals surface area contributed by atoms with Crippen LogP contribution in [0.5, 0.6) is 0 Å². The van der Waals surface area contributed by atoms with Crippen LogP contribution in [0, 0.1) is 5.82 Å². The number of fused-ring (bicyclic) bond motifs is 2. The van der Waals surface area contributed by atoms with Crippen LogP contribution in [0.4, 0.5) is 4.39 Å². The van der Waals surface area contributed by atoms with Crippen LogP contribution >= 0.6 is 15.9 Å². The van der Waals surface area contributed by atoms with Crippen LogP contribution < -0.4 is 0 Å². The average Bonchev–Trinajstić information content (AvgIpc) is 3.26. The largest absolute Gasteiger partial charge is 0.449 e. The van der Waals surface area contributed by atoms with Crippen LogP contribution in [0.25, 0.3) is 0 Å². The molecule has 1 fully saturated rings. The first-order valence-electron chi connectivity index (χ1n) is 9.50. The van der Waals surface area contributed by atoms with Crippen molar-refractivity contribution in [1.29, 1.82) is 0 Å².